The molecule has 0 bridgehead atoms. The Kier molecular flexibility index (Phi) is 6.00. The van der Waals surface area contributed by atoms with E-state index < -0.39 is 28.0 Å². The van der Waals surface area contributed by atoms with Crippen LogP contribution in [0.15, 0.2) is 59.6 Å². The maximum absolute atomic E-state index is 13.2. The topological polar surface area (TPSA) is 117 Å². The van der Waals surface area contributed by atoms with Crippen LogP contribution in [0.2, 0.25) is 10.0 Å². The van der Waals surface area contributed by atoms with E-state index in [-0.39, 0.29) is 27.9 Å². The van der Waals surface area contributed by atoms with Gasteiger partial charge >= 0.3 is 0 Å². The van der Waals surface area contributed by atoms with Crippen LogP contribution in [0.4, 0.5) is 0 Å². The Morgan fingerprint density at radius 1 is 1.13 bits per heavy atom. The molecule has 1 amide bonds. The molecule has 0 radical (unpaired) electrons. The van der Waals surface area contributed by atoms with Gasteiger partial charge in [-0.1, -0.05) is 58.7 Å². The first-order valence-electron chi connectivity index (χ1n) is 9.19. The number of hydroxylamine groups is 1. The first-order valence-corrected chi connectivity index (χ1v) is 11.4. The van der Waals surface area contributed by atoms with Crippen LogP contribution in [-0.4, -0.2) is 51.4 Å². The van der Waals surface area contributed by atoms with Gasteiger partial charge in [0.05, 0.1) is 27.2 Å². The molecule has 4 rings (SSSR count). The molecule has 0 aliphatic carbocycles. The average molecular weight is 482 g/mol. The van der Waals surface area contributed by atoms with E-state index in [1.54, 1.807) is 11.7 Å². The van der Waals surface area contributed by atoms with Gasteiger partial charge in [0.1, 0.15) is 11.7 Å². The minimum absolute atomic E-state index is 0.0434. The average Bonchev–Trinajstić information content (AvgIpc) is 3.43. The lowest BCUT2D eigenvalue weighted by Gasteiger charge is -2.22. The quantitative estimate of drug-likeness (QED) is 0.427. The third-order valence-electron chi connectivity index (χ3n) is 5.10. The summed E-state index contributed by atoms with van der Waals surface area (Å²) >= 11 is 11.9. The zero-order valence-electron chi connectivity index (χ0n) is 15.9. The van der Waals surface area contributed by atoms with E-state index in [2.05, 4.69) is 10.3 Å². The third-order valence-corrected chi connectivity index (χ3v) is 7.71. The van der Waals surface area contributed by atoms with Crippen LogP contribution in [0.1, 0.15) is 12.5 Å². The van der Waals surface area contributed by atoms with Crippen LogP contribution in [0.25, 0.3) is 11.3 Å². The number of aromatic nitrogens is 3. The molecule has 1 saturated heterocycles. The zero-order chi connectivity index (χ0) is 22.2. The second-order valence-electron chi connectivity index (χ2n) is 6.98. The standard InChI is InChI=1S/C19H17Cl2N5O4S/c20-15-7-6-14(9-16(15)21)31(29,30)26-10-13(8-18(26)19(27)23-28)25-11-17(22-24-25)12-4-2-1-3-5-12/h1-7,9,11,13,18,28H,8,10H2,(H,23,27)/t13-,18-/m1/s1. The molecule has 9 nitrogen and oxygen atoms in total. The summed E-state index contributed by atoms with van der Waals surface area (Å²) in [6.45, 7) is -0.0434. The molecule has 2 heterocycles. The van der Waals surface area contributed by atoms with Crippen LogP contribution in [-0.2, 0) is 14.8 Å². The van der Waals surface area contributed by atoms with Crippen LogP contribution in [0.3, 0.4) is 0 Å². The number of sulfonamides is 1. The summed E-state index contributed by atoms with van der Waals surface area (Å²) in [5.41, 5.74) is 3.02. The van der Waals surface area contributed by atoms with Gasteiger partial charge in [-0.15, -0.1) is 5.10 Å². The van der Waals surface area contributed by atoms with E-state index in [0.29, 0.717) is 5.69 Å². The van der Waals surface area contributed by atoms with E-state index in [9.17, 15) is 13.2 Å². The lowest BCUT2D eigenvalue weighted by atomic mass is 10.1. The summed E-state index contributed by atoms with van der Waals surface area (Å²) in [6, 6.07) is 11.7. The highest BCUT2D eigenvalue weighted by Crippen LogP contribution is 2.34. The second kappa shape index (κ2) is 8.56. The SMILES string of the molecule is O=C(NO)[C@H]1C[C@@H](n2cc(-c3ccccc3)nn2)CN1S(=O)(=O)c1ccc(Cl)c(Cl)c1. The molecule has 3 aromatic rings. The summed E-state index contributed by atoms with van der Waals surface area (Å²) in [5, 5.41) is 17.7. The monoisotopic (exact) mass is 481 g/mol. The predicted octanol–water partition coefficient (Wildman–Crippen LogP) is 2.76. The van der Waals surface area contributed by atoms with Crippen molar-refractivity contribution in [2.75, 3.05) is 6.54 Å². The molecule has 2 aromatic carbocycles. The lowest BCUT2D eigenvalue weighted by Crippen LogP contribution is -2.45. The minimum atomic E-state index is -4.11. The molecular formula is C19H17Cl2N5O4S. The highest BCUT2D eigenvalue weighted by molar-refractivity contribution is 7.89. The third kappa shape index (κ3) is 4.17. The predicted molar refractivity (Wildman–Crippen MR) is 113 cm³/mol. The van der Waals surface area contributed by atoms with Gasteiger partial charge in [-0.05, 0) is 24.6 Å². The van der Waals surface area contributed by atoms with Gasteiger partial charge in [-0.3, -0.25) is 10.0 Å². The van der Waals surface area contributed by atoms with E-state index in [1.165, 1.54) is 22.9 Å². The number of hydrogen-bond acceptors (Lipinski definition) is 6. The van der Waals surface area contributed by atoms with Gasteiger partial charge in [-0.25, -0.2) is 18.6 Å². The number of amides is 1. The maximum Gasteiger partial charge on any atom is 0.261 e. The van der Waals surface area contributed by atoms with Gasteiger partial charge < -0.3 is 0 Å². The van der Waals surface area contributed by atoms with Crippen molar-refractivity contribution < 1.29 is 18.4 Å². The summed E-state index contributed by atoms with van der Waals surface area (Å²) in [4.78, 5) is 12.2. The molecule has 2 atom stereocenters. The van der Waals surface area contributed by atoms with E-state index in [0.717, 1.165) is 9.87 Å². The molecule has 2 N–H and O–H groups in total. The highest BCUT2D eigenvalue weighted by atomic mass is 35.5. The van der Waals surface area contributed by atoms with Crippen molar-refractivity contribution in [1.29, 1.82) is 0 Å². The number of hydrogen-bond donors (Lipinski definition) is 2. The van der Waals surface area contributed by atoms with E-state index in [4.69, 9.17) is 28.4 Å². The van der Waals surface area contributed by atoms with Gasteiger partial charge in [-0.2, -0.15) is 4.31 Å². The zero-order valence-corrected chi connectivity index (χ0v) is 18.2. The number of halogens is 2. The van der Waals surface area contributed by atoms with E-state index in [1.807, 2.05) is 30.3 Å². The molecule has 0 saturated carbocycles. The van der Waals surface area contributed by atoms with Gasteiger partial charge in [0.25, 0.3) is 5.91 Å². The van der Waals surface area contributed by atoms with Crippen molar-refractivity contribution in [3.8, 4) is 11.3 Å². The normalized spacial score (nSPS) is 19.5. The fourth-order valence-electron chi connectivity index (χ4n) is 3.52. The summed E-state index contributed by atoms with van der Waals surface area (Å²) in [7, 11) is -4.11. The van der Waals surface area contributed by atoms with Crippen molar-refractivity contribution in [1.82, 2.24) is 24.8 Å². The van der Waals surface area contributed by atoms with Crippen LogP contribution in [0, 0.1) is 0 Å². The molecule has 1 aliphatic heterocycles. The van der Waals surface area contributed by atoms with Gasteiger partial charge in [0.2, 0.25) is 10.0 Å². The summed E-state index contributed by atoms with van der Waals surface area (Å²) < 4.78 is 29.1. The van der Waals surface area contributed by atoms with Crippen molar-refractivity contribution in [3.63, 3.8) is 0 Å². The Labute approximate surface area is 188 Å². The molecule has 162 valence electrons. The van der Waals surface area contributed by atoms with E-state index >= 15 is 0 Å². The number of carbonyl (C=O) groups is 1. The Bertz CT molecular complexity index is 1220. The Morgan fingerprint density at radius 3 is 2.55 bits per heavy atom. The van der Waals surface area contributed by atoms with Crippen LogP contribution in [0.5, 0.6) is 0 Å². The fourth-order valence-corrected chi connectivity index (χ4v) is 5.55. The largest absolute Gasteiger partial charge is 0.289 e. The van der Waals surface area contributed by atoms with Crippen molar-refractivity contribution in [2.45, 2.75) is 23.4 Å². The second-order valence-corrected chi connectivity index (χ2v) is 9.69. The van der Waals surface area contributed by atoms with Crippen LogP contribution >= 0.6 is 23.2 Å². The summed E-state index contributed by atoms with van der Waals surface area (Å²) in [5.74, 6) is -0.838. The van der Waals surface area contributed by atoms with Crippen molar-refractivity contribution in [3.05, 3.63) is 64.8 Å². The van der Waals surface area contributed by atoms with Crippen molar-refractivity contribution >= 4 is 39.1 Å². The summed E-state index contributed by atoms with van der Waals surface area (Å²) in [6.07, 6.45) is 1.80. The number of nitrogens with one attached hydrogen (secondary N) is 1. The fraction of sp³-hybridized carbons (Fsp3) is 0.211. The number of rotatable bonds is 5. The number of nitrogens with zero attached hydrogens (tertiary/aromatic N) is 4. The van der Waals surface area contributed by atoms with Crippen LogP contribution < -0.4 is 5.48 Å². The first kappa shape index (κ1) is 21.7. The molecule has 1 fully saturated rings. The molecule has 1 aromatic heterocycles. The lowest BCUT2D eigenvalue weighted by molar-refractivity contribution is -0.132. The molecule has 1 aliphatic rings. The molecule has 12 heteroatoms. The van der Waals surface area contributed by atoms with Gasteiger partial charge in [0, 0.05) is 12.1 Å². The maximum atomic E-state index is 13.2. The number of benzene rings is 2. The molecular weight excluding hydrogens is 465 g/mol. The first-order chi connectivity index (χ1) is 14.8. The Hall–Kier alpha value is -2.50. The number of carbonyl (C=O) groups excluding carboxylic acids is 1. The molecule has 0 unspecified atom stereocenters. The highest BCUT2D eigenvalue weighted by Gasteiger charge is 2.45. The van der Waals surface area contributed by atoms with Crippen molar-refractivity contribution in [2.24, 2.45) is 0 Å². The minimum Gasteiger partial charge on any atom is -0.289 e. The Balaban J connectivity index is 1.66. The Morgan fingerprint density at radius 2 is 1.87 bits per heavy atom. The molecule has 0 spiro atoms. The van der Waals surface area contributed by atoms with Gasteiger partial charge in [0.15, 0.2) is 0 Å². The smallest absolute Gasteiger partial charge is 0.261 e. The molecule has 31 heavy (non-hydrogen) atoms.